The van der Waals surface area contributed by atoms with Crippen molar-refractivity contribution >= 4 is 0 Å². The molecule has 1 heterocycles. The Balaban J connectivity index is 0.000000707. The van der Waals surface area contributed by atoms with E-state index in [1.165, 1.54) is 37.1 Å². The average Bonchev–Trinajstić information content (AvgIpc) is 3.01. The lowest BCUT2D eigenvalue weighted by atomic mass is 9.68. The van der Waals surface area contributed by atoms with Gasteiger partial charge in [-0.2, -0.15) is 0 Å². The first-order valence-corrected chi connectivity index (χ1v) is 11.7. The minimum atomic E-state index is 0.215. The molecule has 29 heavy (non-hydrogen) atoms. The van der Waals surface area contributed by atoms with Crippen molar-refractivity contribution in [2.75, 3.05) is 13.1 Å². The second kappa shape index (κ2) is 9.04. The topological polar surface area (TPSA) is 3.24 Å². The average molecular weight is 394 g/mol. The van der Waals surface area contributed by atoms with E-state index in [4.69, 9.17) is 0 Å². The molecular weight excluding hydrogens is 350 g/mol. The van der Waals surface area contributed by atoms with Crippen LogP contribution in [0.2, 0.25) is 0 Å². The van der Waals surface area contributed by atoms with Gasteiger partial charge in [-0.1, -0.05) is 97.0 Å². The molecule has 4 rings (SSSR count). The number of hydrogen-bond donors (Lipinski definition) is 0. The molecule has 0 N–H and O–H groups in total. The van der Waals surface area contributed by atoms with E-state index >= 15 is 0 Å². The first-order valence-electron chi connectivity index (χ1n) is 11.7. The molecule has 0 radical (unpaired) electrons. The first kappa shape index (κ1) is 23.7. The third-order valence-electron chi connectivity index (χ3n) is 7.42. The Hall–Kier alpha value is -1.60. The molecule has 1 saturated heterocycles. The van der Waals surface area contributed by atoms with E-state index in [0.717, 1.165) is 0 Å². The summed E-state index contributed by atoms with van der Waals surface area (Å²) in [5.74, 6) is 0. The van der Waals surface area contributed by atoms with Crippen LogP contribution in [0.25, 0.3) is 11.1 Å². The van der Waals surface area contributed by atoms with E-state index in [9.17, 15) is 0 Å². The van der Waals surface area contributed by atoms with Crippen LogP contribution in [0.15, 0.2) is 48.5 Å². The molecule has 160 valence electrons. The van der Waals surface area contributed by atoms with Crippen LogP contribution in [0.4, 0.5) is 0 Å². The summed E-state index contributed by atoms with van der Waals surface area (Å²) in [4.78, 5) is 2.72. The molecule has 0 atom stereocenters. The molecular formula is C28H43N. The molecule has 1 aliphatic heterocycles. The first-order chi connectivity index (χ1) is 13.8. The molecule has 0 saturated carbocycles. The minimum absolute atomic E-state index is 0.215. The SMILES string of the molecule is CC.CC.CC(C)(C)C(C)(C)N1CCC2(CC1)c1ccccc1-c1ccccc12. The van der Waals surface area contributed by atoms with Gasteiger partial charge in [0.25, 0.3) is 0 Å². The Morgan fingerprint density at radius 1 is 0.655 bits per heavy atom. The van der Waals surface area contributed by atoms with Gasteiger partial charge in [0.2, 0.25) is 0 Å². The minimum Gasteiger partial charge on any atom is -0.298 e. The van der Waals surface area contributed by atoms with Crippen molar-refractivity contribution in [2.24, 2.45) is 5.41 Å². The number of likely N-dealkylation sites (tertiary alicyclic amines) is 1. The van der Waals surface area contributed by atoms with Crippen molar-refractivity contribution in [3.63, 3.8) is 0 Å². The van der Waals surface area contributed by atoms with E-state index < -0.39 is 0 Å². The number of piperidine rings is 1. The Kier molecular flexibility index (Phi) is 7.38. The van der Waals surface area contributed by atoms with Gasteiger partial charge in [0.1, 0.15) is 0 Å². The van der Waals surface area contributed by atoms with Crippen LogP contribution in [0.1, 0.15) is 86.3 Å². The maximum Gasteiger partial charge on any atom is 0.0239 e. The summed E-state index contributed by atoms with van der Waals surface area (Å²) in [6, 6.07) is 18.2. The lowest BCUT2D eigenvalue weighted by Crippen LogP contribution is -2.57. The molecule has 0 bridgehead atoms. The monoisotopic (exact) mass is 393 g/mol. The summed E-state index contributed by atoms with van der Waals surface area (Å²) < 4.78 is 0. The zero-order valence-electron chi connectivity index (χ0n) is 20.4. The molecule has 0 amide bonds. The predicted molar refractivity (Wildman–Crippen MR) is 130 cm³/mol. The molecule has 0 unspecified atom stereocenters. The summed E-state index contributed by atoms with van der Waals surface area (Å²) in [7, 11) is 0. The van der Waals surface area contributed by atoms with Crippen LogP contribution in [-0.2, 0) is 5.41 Å². The van der Waals surface area contributed by atoms with Gasteiger partial charge in [0, 0.05) is 11.0 Å². The number of benzene rings is 2. The molecule has 2 aliphatic rings. The maximum atomic E-state index is 2.72. The molecule has 1 heteroatoms. The van der Waals surface area contributed by atoms with E-state index in [1.807, 2.05) is 27.7 Å². The molecule has 1 nitrogen and oxygen atoms in total. The number of fused-ring (bicyclic) bond motifs is 5. The molecule has 1 aliphatic carbocycles. The van der Waals surface area contributed by atoms with Gasteiger partial charge >= 0.3 is 0 Å². The Bertz CT molecular complexity index is 738. The summed E-state index contributed by atoms with van der Waals surface area (Å²) in [6.45, 7) is 22.3. The Labute approximate surface area is 180 Å². The van der Waals surface area contributed by atoms with Gasteiger partial charge in [0.05, 0.1) is 0 Å². The number of hydrogen-bond acceptors (Lipinski definition) is 1. The Morgan fingerprint density at radius 3 is 1.41 bits per heavy atom. The van der Waals surface area contributed by atoms with Crippen molar-refractivity contribution in [3.8, 4) is 11.1 Å². The second-order valence-electron chi connectivity index (χ2n) is 9.47. The van der Waals surface area contributed by atoms with Gasteiger partial charge in [0.15, 0.2) is 0 Å². The molecule has 1 spiro atoms. The second-order valence-corrected chi connectivity index (χ2v) is 9.47. The van der Waals surface area contributed by atoms with E-state index in [-0.39, 0.29) is 16.4 Å². The van der Waals surface area contributed by atoms with Gasteiger partial charge in [-0.3, -0.25) is 4.90 Å². The molecule has 0 aromatic heterocycles. The van der Waals surface area contributed by atoms with Gasteiger partial charge in [-0.15, -0.1) is 0 Å². The highest BCUT2D eigenvalue weighted by Crippen LogP contribution is 2.54. The fraction of sp³-hybridized carbons (Fsp3) is 0.571. The van der Waals surface area contributed by atoms with Crippen molar-refractivity contribution in [2.45, 2.75) is 86.1 Å². The standard InChI is InChI=1S/C24H31N.2C2H6/c1-22(2,3)23(4,5)25-16-14-24(15-17-25)20-12-8-6-10-18(20)19-11-7-9-13-21(19)24;2*1-2/h6-13H,14-17H2,1-5H3;2*1-2H3. The fourth-order valence-electron chi connectivity index (χ4n) is 4.88. The lowest BCUT2D eigenvalue weighted by Gasteiger charge is -2.52. The highest BCUT2D eigenvalue weighted by Gasteiger charge is 2.48. The fourth-order valence-corrected chi connectivity index (χ4v) is 4.88. The molecule has 2 aromatic carbocycles. The van der Waals surface area contributed by atoms with Gasteiger partial charge in [-0.05, 0) is 67.4 Å². The quantitative estimate of drug-likeness (QED) is 0.475. The predicted octanol–water partition coefficient (Wildman–Crippen LogP) is 7.93. The van der Waals surface area contributed by atoms with Crippen molar-refractivity contribution in [3.05, 3.63) is 59.7 Å². The summed E-state index contributed by atoms with van der Waals surface area (Å²) in [6.07, 6.45) is 2.45. The van der Waals surface area contributed by atoms with Crippen LogP contribution in [0.3, 0.4) is 0 Å². The number of nitrogens with zero attached hydrogens (tertiary/aromatic N) is 1. The lowest BCUT2D eigenvalue weighted by molar-refractivity contribution is -0.00320. The largest absolute Gasteiger partial charge is 0.298 e. The van der Waals surface area contributed by atoms with E-state index in [0.29, 0.717) is 0 Å². The van der Waals surface area contributed by atoms with Gasteiger partial charge in [-0.25, -0.2) is 0 Å². The molecule has 2 aromatic rings. The van der Waals surface area contributed by atoms with Crippen LogP contribution in [-0.4, -0.2) is 23.5 Å². The number of rotatable bonds is 1. The van der Waals surface area contributed by atoms with Crippen molar-refractivity contribution < 1.29 is 0 Å². The highest BCUT2D eigenvalue weighted by atomic mass is 15.2. The summed E-state index contributed by atoms with van der Waals surface area (Å²) >= 11 is 0. The third kappa shape index (κ3) is 3.91. The van der Waals surface area contributed by atoms with Crippen LogP contribution >= 0.6 is 0 Å². The molecule has 1 fully saturated rings. The van der Waals surface area contributed by atoms with Crippen LogP contribution in [0, 0.1) is 5.41 Å². The zero-order valence-corrected chi connectivity index (χ0v) is 20.4. The van der Waals surface area contributed by atoms with Crippen molar-refractivity contribution in [1.82, 2.24) is 4.90 Å². The summed E-state index contributed by atoms with van der Waals surface area (Å²) in [5, 5.41) is 0. The van der Waals surface area contributed by atoms with Crippen LogP contribution < -0.4 is 0 Å². The summed E-state index contributed by atoms with van der Waals surface area (Å²) in [5.41, 5.74) is 6.75. The third-order valence-corrected chi connectivity index (χ3v) is 7.42. The van der Waals surface area contributed by atoms with E-state index in [2.05, 4.69) is 88.0 Å². The van der Waals surface area contributed by atoms with Crippen LogP contribution in [0.5, 0.6) is 0 Å². The zero-order chi connectivity index (χ0) is 21.9. The maximum absolute atomic E-state index is 2.72. The highest BCUT2D eigenvalue weighted by molar-refractivity contribution is 5.81. The normalized spacial score (nSPS) is 17.4. The van der Waals surface area contributed by atoms with Crippen molar-refractivity contribution in [1.29, 1.82) is 0 Å². The van der Waals surface area contributed by atoms with E-state index in [1.54, 1.807) is 11.1 Å². The van der Waals surface area contributed by atoms with Gasteiger partial charge < -0.3 is 0 Å². The Morgan fingerprint density at radius 2 is 1.03 bits per heavy atom. The smallest absolute Gasteiger partial charge is 0.0239 e.